The molecule has 0 radical (unpaired) electrons. The van der Waals surface area contributed by atoms with E-state index in [1.54, 1.807) is 34.0 Å². The number of nitrogens with two attached hydrogens (primary N) is 1. The van der Waals surface area contributed by atoms with E-state index in [2.05, 4.69) is 4.98 Å². The Hall–Kier alpha value is -2.35. The maximum absolute atomic E-state index is 13.4. The second-order valence-corrected chi connectivity index (χ2v) is 6.87. The first-order valence-corrected chi connectivity index (χ1v) is 9.02. The van der Waals surface area contributed by atoms with E-state index >= 15 is 0 Å². The molecule has 1 aliphatic rings. The first-order valence-electron chi connectivity index (χ1n) is 8.04. The highest BCUT2D eigenvalue weighted by molar-refractivity contribution is 7.99. The molecule has 2 amide bonds. The number of nitrogens with zero attached hydrogens (tertiary/aromatic N) is 3. The molecule has 132 valence electrons. The van der Waals surface area contributed by atoms with Gasteiger partial charge in [0.2, 0.25) is 11.8 Å². The van der Waals surface area contributed by atoms with E-state index in [4.69, 9.17) is 5.73 Å². The molecular weight excluding hydrogens is 343 g/mol. The largest absolute Gasteiger partial charge is 0.369 e. The van der Waals surface area contributed by atoms with E-state index in [0.29, 0.717) is 23.9 Å². The highest BCUT2D eigenvalue weighted by atomic mass is 32.2. The van der Waals surface area contributed by atoms with E-state index < -0.39 is 0 Å². The van der Waals surface area contributed by atoms with Crippen molar-refractivity contribution in [3.63, 3.8) is 0 Å². The lowest BCUT2D eigenvalue weighted by Gasteiger charge is -2.31. The number of aromatic nitrogens is 2. The van der Waals surface area contributed by atoms with Crippen LogP contribution in [0.4, 0.5) is 4.39 Å². The fourth-order valence-corrected chi connectivity index (χ4v) is 3.75. The molecule has 2 N–H and O–H groups in total. The molecule has 1 aliphatic heterocycles. The summed E-state index contributed by atoms with van der Waals surface area (Å²) in [6, 6.07) is 6.19. The Kier molecular flexibility index (Phi) is 5.37. The maximum Gasteiger partial charge on any atom is 0.233 e. The Bertz CT molecular complexity index is 780. The first-order chi connectivity index (χ1) is 12.0. The standard InChI is InChI=1S/C17H19FN4O2S/c18-13-4-1-5-14(9-13)22-8-6-20-17(22)25-11-15(23)21-7-2-3-12(10-21)16(19)24/h1,4-6,8-9,12H,2-3,7,10-11H2,(H2,19,24)/t12-/m1/s1. The molecular formula is C17H19FN4O2S. The van der Waals surface area contributed by atoms with Crippen LogP contribution in [0.2, 0.25) is 0 Å². The number of thioether (sulfide) groups is 1. The summed E-state index contributed by atoms with van der Waals surface area (Å²) in [5.41, 5.74) is 6.00. The van der Waals surface area contributed by atoms with E-state index in [0.717, 1.165) is 12.8 Å². The van der Waals surface area contributed by atoms with Crippen molar-refractivity contribution in [2.75, 3.05) is 18.8 Å². The fraction of sp³-hybridized carbons (Fsp3) is 0.353. The molecule has 0 aliphatic carbocycles. The van der Waals surface area contributed by atoms with Crippen molar-refractivity contribution in [2.45, 2.75) is 18.0 Å². The Morgan fingerprint density at radius 3 is 3.00 bits per heavy atom. The molecule has 3 rings (SSSR count). The van der Waals surface area contributed by atoms with E-state index in [-0.39, 0.29) is 29.3 Å². The highest BCUT2D eigenvalue weighted by Gasteiger charge is 2.27. The van der Waals surface area contributed by atoms with Gasteiger partial charge >= 0.3 is 0 Å². The molecule has 1 aromatic heterocycles. The third-order valence-corrected chi connectivity index (χ3v) is 5.15. The van der Waals surface area contributed by atoms with E-state index in [1.807, 2.05) is 0 Å². The van der Waals surface area contributed by atoms with Gasteiger partial charge in [0.15, 0.2) is 5.16 Å². The topological polar surface area (TPSA) is 81.2 Å². The molecule has 25 heavy (non-hydrogen) atoms. The minimum atomic E-state index is -0.355. The average Bonchev–Trinajstić information content (AvgIpc) is 3.08. The summed E-state index contributed by atoms with van der Waals surface area (Å²) in [6.45, 7) is 1.02. The van der Waals surface area contributed by atoms with Crippen molar-refractivity contribution in [3.8, 4) is 5.69 Å². The number of hydrogen-bond acceptors (Lipinski definition) is 4. The van der Waals surface area contributed by atoms with Crippen molar-refractivity contribution in [3.05, 3.63) is 42.5 Å². The molecule has 0 unspecified atom stereocenters. The second-order valence-electron chi connectivity index (χ2n) is 5.93. The van der Waals surface area contributed by atoms with Gasteiger partial charge in [-0.3, -0.25) is 14.2 Å². The molecule has 1 aromatic carbocycles. The van der Waals surface area contributed by atoms with Crippen LogP contribution in [0, 0.1) is 11.7 Å². The van der Waals surface area contributed by atoms with Crippen LogP contribution >= 0.6 is 11.8 Å². The lowest BCUT2D eigenvalue weighted by Crippen LogP contribution is -2.44. The summed E-state index contributed by atoms with van der Waals surface area (Å²) < 4.78 is 15.2. The molecule has 1 saturated heterocycles. The lowest BCUT2D eigenvalue weighted by molar-refractivity contribution is -0.132. The number of halogens is 1. The van der Waals surface area contributed by atoms with Gasteiger partial charge in [-0.15, -0.1) is 0 Å². The van der Waals surface area contributed by atoms with Gasteiger partial charge in [0.1, 0.15) is 5.82 Å². The van der Waals surface area contributed by atoms with Crippen molar-refractivity contribution in [1.29, 1.82) is 0 Å². The van der Waals surface area contributed by atoms with Gasteiger partial charge in [-0.25, -0.2) is 9.37 Å². The molecule has 8 heteroatoms. The summed E-state index contributed by atoms with van der Waals surface area (Å²) in [6.07, 6.45) is 4.85. The third-order valence-electron chi connectivity index (χ3n) is 4.19. The first kappa shape index (κ1) is 17.5. The van der Waals surface area contributed by atoms with Gasteiger partial charge in [-0.05, 0) is 31.0 Å². The normalized spacial score (nSPS) is 17.5. The van der Waals surface area contributed by atoms with E-state index in [9.17, 15) is 14.0 Å². The minimum Gasteiger partial charge on any atom is -0.369 e. The van der Waals surface area contributed by atoms with Crippen LogP contribution in [0.15, 0.2) is 41.8 Å². The molecule has 0 bridgehead atoms. The summed E-state index contributed by atoms with van der Waals surface area (Å²) >= 11 is 1.29. The van der Waals surface area contributed by atoms with Crippen LogP contribution in [0.5, 0.6) is 0 Å². The average molecular weight is 362 g/mol. The predicted molar refractivity (Wildman–Crippen MR) is 92.7 cm³/mol. The SMILES string of the molecule is NC(=O)[C@@H]1CCCN(C(=O)CSc2nccn2-c2cccc(F)c2)C1. The van der Waals surface area contributed by atoms with Crippen LogP contribution in [0.1, 0.15) is 12.8 Å². The third kappa shape index (κ3) is 4.19. The molecule has 1 fully saturated rings. The molecule has 2 heterocycles. The molecule has 1 atom stereocenters. The summed E-state index contributed by atoms with van der Waals surface area (Å²) in [4.78, 5) is 29.7. The molecule has 2 aromatic rings. The van der Waals surface area contributed by atoms with Gasteiger partial charge in [0.05, 0.1) is 17.4 Å². The number of benzene rings is 1. The minimum absolute atomic E-state index is 0.0512. The number of piperidine rings is 1. The highest BCUT2D eigenvalue weighted by Crippen LogP contribution is 2.23. The van der Waals surface area contributed by atoms with Crippen molar-refractivity contribution in [2.24, 2.45) is 11.7 Å². The fourth-order valence-electron chi connectivity index (χ4n) is 2.87. The zero-order valence-electron chi connectivity index (χ0n) is 13.6. The number of imidazole rings is 1. The Morgan fingerprint density at radius 1 is 1.40 bits per heavy atom. The van der Waals surface area contributed by atoms with Crippen LogP contribution in [0.3, 0.4) is 0 Å². The van der Waals surface area contributed by atoms with Crippen molar-refractivity contribution in [1.82, 2.24) is 14.5 Å². The van der Waals surface area contributed by atoms with E-state index in [1.165, 1.54) is 23.9 Å². The summed E-state index contributed by atoms with van der Waals surface area (Å²) in [7, 11) is 0. The number of primary amides is 1. The van der Waals surface area contributed by atoms with Gasteiger partial charge in [0.25, 0.3) is 0 Å². The van der Waals surface area contributed by atoms with Crippen LogP contribution < -0.4 is 5.73 Å². The van der Waals surface area contributed by atoms with Crippen LogP contribution in [-0.2, 0) is 9.59 Å². The monoisotopic (exact) mass is 362 g/mol. The molecule has 0 saturated carbocycles. The molecule has 6 nitrogen and oxygen atoms in total. The summed E-state index contributed by atoms with van der Waals surface area (Å²) in [5, 5.41) is 0.613. The number of carbonyl (C=O) groups is 2. The second kappa shape index (κ2) is 7.69. The molecule has 0 spiro atoms. The predicted octanol–water partition coefficient (Wildman–Crippen LogP) is 1.83. The van der Waals surface area contributed by atoms with Gasteiger partial charge in [-0.1, -0.05) is 17.8 Å². The lowest BCUT2D eigenvalue weighted by atomic mass is 9.97. The summed E-state index contributed by atoms with van der Waals surface area (Å²) in [5.74, 6) is -0.796. The number of amides is 2. The smallest absolute Gasteiger partial charge is 0.233 e. The van der Waals surface area contributed by atoms with Crippen molar-refractivity contribution < 1.29 is 14.0 Å². The van der Waals surface area contributed by atoms with Crippen molar-refractivity contribution >= 4 is 23.6 Å². The number of hydrogen-bond donors (Lipinski definition) is 1. The van der Waals surface area contributed by atoms with Gasteiger partial charge < -0.3 is 10.6 Å². The quantitative estimate of drug-likeness (QED) is 0.823. The zero-order valence-corrected chi connectivity index (χ0v) is 14.4. The maximum atomic E-state index is 13.4. The number of carbonyl (C=O) groups excluding carboxylic acids is 2. The van der Waals surface area contributed by atoms with Gasteiger partial charge in [0, 0.05) is 25.5 Å². The Morgan fingerprint density at radius 2 is 2.24 bits per heavy atom. The zero-order chi connectivity index (χ0) is 17.8. The Balaban J connectivity index is 1.63. The van der Waals surface area contributed by atoms with Crippen LogP contribution in [0.25, 0.3) is 5.69 Å². The number of likely N-dealkylation sites (tertiary alicyclic amines) is 1. The van der Waals surface area contributed by atoms with Crippen LogP contribution in [-0.4, -0.2) is 45.1 Å². The number of rotatable bonds is 5. The van der Waals surface area contributed by atoms with Gasteiger partial charge in [-0.2, -0.15) is 0 Å². The Labute approximate surface area is 149 Å².